The van der Waals surface area contributed by atoms with Crippen molar-refractivity contribution in [1.82, 2.24) is 24.8 Å². The summed E-state index contributed by atoms with van der Waals surface area (Å²) in [6.45, 7) is 2.84. The van der Waals surface area contributed by atoms with Gasteiger partial charge < -0.3 is 19.3 Å². The molecule has 0 saturated heterocycles. The van der Waals surface area contributed by atoms with Crippen molar-refractivity contribution in [3.05, 3.63) is 89.9 Å². The lowest BCUT2D eigenvalue weighted by Crippen LogP contribution is -2.38. The van der Waals surface area contributed by atoms with Gasteiger partial charge in [-0.05, 0) is 42.5 Å². The van der Waals surface area contributed by atoms with E-state index in [0.717, 1.165) is 0 Å². The Hall–Kier alpha value is -5.56. The summed E-state index contributed by atoms with van der Waals surface area (Å²) in [6.07, 6.45) is -1.14. The molecule has 0 saturated carbocycles. The van der Waals surface area contributed by atoms with Crippen LogP contribution in [0, 0.1) is 0 Å². The van der Waals surface area contributed by atoms with Gasteiger partial charge in [0, 0.05) is 39.4 Å². The SMILES string of the molecule is COC(=O)c1cccc(-c2cccc(CN(Cc3cccc(-c4cccc(OC(C)=O)n4)n3)C(CCC(=O)O)OC(C)=O)n2)n1. The first kappa shape index (κ1) is 32.4. The third-order valence-corrected chi connectivity index (χ3v) is 6.30. The zero-order chi connectivity index (χ0) is 32.3. The van der Waals surface area contributed by atoms with Crippen LogP contribution in [0.1, 0.15) is 48.6 Å². The van der Waals surface area contributed by atoms with Crippen molar-refractivity contribution in [2.24, 2.45) is 0 Å². The minimum absolute atomic E-state index is 0.0169. The van der Waals surface area contributed by atoms with Gasteiger partial charge in [-0.15, -0.1) is 0 Å². The molecule has 1 atom stereocenters. The van der Waals surface area contributed by atoms with Gasteiger partial charge in [0.25, 0.3) is 0 Å². The average molecular weight is 614 g/mol. The van der Waals surface area contributed by atoms with Crippen molar-refractivity contribution in [2.75, 3.05) is 7.11 Å². The van der Waals surface area contributed by atoms with Gasteiger partial charge in [0.2, 0.25) is 5.88 Å². The number of aromatic nitrogens is 4. The van der Waals surface area contributed by atoms with E-state index in [1.807, 2.05) is 0 Å². The van der Waals surface area contributed by atoms with Crippen LogP contribution in [-0.2, 0) is 36.9 Å². The molecule has 0 amide bonds. The summed E-state index contributed by atoms with van der Waals surface area (Å²) in [5, 5.41) is 9.38. The minimum atomic E-state index is -1.04. The van der Waals surface area contributed by atoms with Crippen molar-refractivity contribution in [1.29, 1.82) is 0 Å². The van der Waals surface area contributed by atoms with Crippen LogP contribution in [0.5, 0.6) is 5.88 Å². The lowest BCUT2D eigenvalue weighted by molar-refractivity contribution is -0.161. The molecule has 13 heteroatoms. The number of hydrogen-bond donors (Lipinski definition) is 1. The molecule has 0 bridgehead atoms. The summed E-state index contributed by atoms with van der Waals surface area (Å²) in [5.41, 5.74) is 3.19. The maximum absolute atomic E-state index is 12.1. The number of aliphatic carboxylic acids is 1. The Kier molecular flexibility index (Phi) is 11.0. The molecule has 1 N–H and O–H groups in total. The first-order valence-corrected chi connectivity index (χ1v) is 13.9. The molecule has 4 aromatic heterocycles. The fourth-order valence-electron chi connectivity index (χ4n) is 4.41. The van der Waals surface area contributed by atoms with E-state index in [9.17, 15) is 24.3 Å². The number of nitrogens with zero attached hydrogens (tertiary/aromatic N) is 5. The summed E-state index contributed by atoms with van der Waals surface area (Å²) in [6, 6.07) is 20.5. The Labute approximate surface area is 258 Å². The Bertz CT molecular complexity index is 1700. The van der Waals surface area contributed by atoms with Crippen LogP contribution < -0.4 is 4.74 Å². The molecule has 1 unspecified atom stereocenters. The molecule has 0 aromatic carbocycles. The van der Waals surface area contributed by atoms with Gasteiger partial charge in [-0.2, -0.15) is 0 Å². The van der Waals surface area contributed by atoms with E-state index in [1.54, 1.807) is 71.6 Å². The maximum Gasteiger partial charge on any atom is 0.356 e. The zero-order valence-corrected chi connectivity index (χ0v) is 24.9. The monoisotopic (exact) mass is 613 g/mol. The summed E-state index contributed by atoms with van der Waals surface area (Å²) in [7, 11) is 1.27. The van der Waals surface area contributed by atoms with Gasteiger partial charge in [-0.3, -0.25) is 19.3 Å². The summed E-state index contributed by atoms with van der Waals surface area (Å²) in [4.78, 5) is 66.9. The zero-order valence-electron chi connectivity index (χ0n) is 24.9. The third-order valence-electron chi connectivity index (χ3n) is 6.30. The smallest absolute Gasteiger partial charge is 0.356 e. The highest BCUT2D eigenvalue weighted by atomic mass is 16.6. The van der Waals surface area contributed by atoms with Crippen LogP contribution in [0.25, 0.3) is 22.8 Å². The number of pyridine rings is 4. The van der Waals surface area contributed by atoms with Gasteiger partial charge in [0.15, 0.2) is 6.23 Å². The van der Waals surface area contributed by atoms with Gasteiger partial charge in [0.05, 0.1) is 47.7 Å². The molecule has 0 aliphatic rings. The topological polar surface area (TPSA) is 171 Å². The molecule has 4 rings (SSSR count). The molecule has 0 fully saturated rings. The lowest BCUT2D eigenvalue weighted by Gasteiger charge is -2.30. The summed E-state index contributed by atoms with van der Waals surface area (Å²) >= 11 is 0. The van der Waals surface area contributed by atoms with E-state index < -0.39 is 30.1 Å². The van der Waals surface area contributed by atoms with Crippen molar-refractivity contribution >= 4 is 23.9 Å². The van der Waals surface area contributed by atoms with Crippen LogP contribution in [0.4, 0.5) is 0 Å². The molecule has 45 heavy (non-hydrogen) atoms. The molecule has 4 heterocycles. The first-order valence-electron chi connectivity index (χ1n) is 13.9. The predicted molar refractivity (Wildman–Crippen MR) is 159 cm³/mol. The number of rotatable bonds is 13. The van der Waals surface area contributed by atoms with E-state index in [2.05, 4.69) is 9.97 Å². The maximum atomic E-state index is 12.1. The lowest BCUT2D eigenvalue weighted by atomic mass is 10.2. The molecule has 232 valence electrons. The fraction of sp³-hybridized carbons (Fsp3) is 0.250. The van der Waals surface area contributed by atoms with Crippen LogP contribution in [-0.4, -0.2) is 67.2 Å². The van der Waals surface area contributed by atoms with E-state index >= 15 is 0 Å². The number of hydrogen-bond acceptors (Lipinski definition) is 12. The second-order valence-corrected chi connectivity index (χ2v) is 9.78. The second-order valence-electron chi connectivity index (χ2n) is 9.78. The third kappa shape index (κ3) is 9.46. The van der Waals surface area contributed by atoms with Gasteiger partial charge in [-0.25, -0.2) is 24.7 Å². The van der Waals surface area contributed by atoms with E-state index in [1.165, 1.54) is 27.0 Å². The summed E-state index contributed by atoms with van der Waals surface area (Å²) in [5.74, 6) is -2.56. The Morgan fingerprint density at radius 3 is 1.80 bits per heavy atom. The van der Waals surface area contributed by atoms with Crippen LogP contribution in [0.2, 0.25) is 0 Å². The number of carbonyl (C=O) groups is 4. The van der Waals surface area contributed by atoms with E-state index in [-0.39, 0.29) is 37.5 Å². The minimum Gasteiger partial charge on any atom is -0.481 e. The molecule has 0 aliphatic carbocycles. The number of ether oxygens (including phenoxy) is 3. The van der Waals surface area contributed by atoms with Crippen LogP contribution in [0.3, 0.4) is 0 Å². The fourth-order valence-corrected chi connectivity index (χ4v) is 4.41. The summed E-state index contributed by atoms with van der Waals surface area (Å²) < 4.78 is 15.5. The van der Waals surface area contributed by atoms with Crippen molar-refractivity contribution in [3.63, 3.8) is 0 Å². The standard InChI is InChI=1S/C32H31N5O8/c1-20(38)44-29-15-7-13-27(36-29)25-11-5-9-23(34-25)19-37(30(45-21(2)39)16-17-31(40)41)18-22-8-4-10-24(33-22)26-12-6-14-28(35-26)32(42)43-3/h4-15,30H,16-19H2,1-3H3,(H,40,41). The van der Waals surface area contributed by atoms with Crippen LogP contribution >= 0.6 is 0 Å². The molecular formula is C32H31N5O8. The number of carboxylic acids is 1. The quantitative estimate of drug-likeness (QED) is 0.169. The van der Waals surface area contributed by atoms with E-state index in [4.69, 9.17) is 24.2 Å². The van der Waals surface area contributed by atoms with E-state index in [0.29, 0.717) is 34.2 Å². The Balaban J connectivity index is 1.67. The van der Waals surface area contributed by atoms with Crippen molar-refractivity contribution in [3.8, 4) is 28.7 Å². The molecular weight excluding hydrogens is 582 g/mol. The normalized spacial score (nSPS) is 11.5. The highest BCUT2D eigenvalue weighted by Crippen LogP contribution is 2.22. The van der Waals surface area contributed by atoms with Gasteiger partial charge in [-0.1, -0.05) is 24.3 Å². The van der Waals surface area contributed by atoms with Gasteiger partial charge >= 0.3 is 23.9 Å². The largest absolute Gasteiger partial charge is 0.481 e. The second kappa shape index (κ2) is 15.3. The molecule has 0 radical (unpaired) electrons. The highest BCUT2D eigenvalue weighted by molar-refractivity contribution is 5.87. The van der Waals surface area contributed by atoms with Gasteiger partial charge in [0.1, 0.15) is 5.69 Å². The predicted octanol–water partition coefficient (Wildman–Crippen LogP) is 4.07. The Morgan fingerprint density at radius 1 is 0.733 bits per heavy atom. The number of esters is 3. The molecule has 0 spiro atoms. The average Bonchev–Trinajstić information content (AvgIpc) is 3.02. The number of carboxylic acid groups (broad SMARTS) is 1. The number of carbonyl (C=O) groups excluding carboxylic acids is 3. The Morgan fingerprint density at radius 2 is 1.27 bits per heavy atom. The number of methoxy groups -OCH3 is 1. The van der Waals surface area contributed by atoms with Crippen LogP contribution in [0.15, 0.2) is 72.8 Å². The molecule has 13 nitrogen and oxygen atoms in total. The first-order chi connectivity index (χ1) is 21.6. The van der Waals surface area contributed by atoms with Crippen molar-refractivity contribution < 1.29 is 38.5 Å². The molecule has 4 aromatic rings. The molecule has 0 aliphatic heterocycles. The van der Waals surface area contributed by atoms with Crippen molar-refractivity contribution in [2.45, 2.75) is 46.0 Å². The highest BCUT2D eigenvalue weighted by Gasteiger charge is 2.24.